The van der Waals surface area contributed by atoms with Gasteiger partial charge in [0.1, 0.15) is 0 Å². The van der Waals surface area contributed by atoms with Gasteiger partial charge in [-0.15, -0.1) is 11.3 Å². The SMILES string of the molecule is Cc1sc(C(=O)N2C[C@H]3CN(Cc4ccccc4)C[C@H]3C2)nc1O. The van der Waals surface area contributed by atoms with Crippen LogP contribution in [0.5, 0.6) is 5.88 Å². The molecule has 5 nitrogen and oxygen atoms in total. The second-order valence-electron chi connectivity index (χ2n) is 6.81. The summed E-state index contributed by atoms with van der Waals surface area (Å²) in [4.78, 5) is 21.7. The molecule has 6 heteroatoms. The van der Waals surface area contributed by atoms with E-state index in [0.717, 1.165) is 32.7 Å². The van der Waals surface area contributed by atoms with Crippen LogP contribution in [0.3, 0.4) is 0 Å². The first-order valence-corrected chi connectivity index (χ1v) is 9.13. The Morgan fingerprint density at radius 1 is 1.21 bits per heavy atom. The van der Waals surface area contributed by atoms with Gasteiger partial charge in [0, 0.05) is 32.7 Å². The van der Waals surface area contributed by atoms with E-state index in [0.29, 0.717) is 21.7 Å². The second-order valence-corrected chi connectivity index (χ2v) is 8.01. The number of thiazole rings is 1. The van der Waals surface area contributed by atoms with Gasteiger partial charge in [0.25, 0.3) is 5.91 Å². The summed E-state index contributed by atoms with van der Waals surface area (Å²) in [6.07, 6.45) is 0. The van der Waals surface area contributed by atoms with Gasteiger partial charge in [0.2, 0.25) is 5.88 Å². The molecule has 1 amide bonds. The summed E-state index contributed by atoms with van der Waals surface area (Å²) < 4.78 is 0. The first-order valence-electron chi connectivity index (χ1n) is 8.32. The first-order chi connectivity index (χ1) is 11.6. The van der Waals surface area contributed by atoms with Crippen LogP contribution in [0.1, 0.15) is 20.2 Å². The van der Waals surface area contributed by atoms with Gasteiger partial charge in [0.15, 0.2) is 5.01 Å². The van der Waals surface area contributed by atoms with Gasteiger partial charge >= 0.3 is 0 Å². The third kappa shape index (κ3) is 2.91. The van der Waals surface area contributed by atoms with Crippen molar-refractivity contribution >= 4 is 17.2 Å². The summed E-state index contributed by atoms with van der Waals surface area (Å²) in [6, 6.07) is 10.5. The molecule has 2 atom stereocenters. The lowest BCUT2D eigenvalue weighted by Gasteiger charge is -2.21. The lowest BCUT2D eigenvalue weighted by molar-refractivity contribution is 0.0772. The predicted molar refractivity (Wildman–Crippen MR) is 93.1 cm³/mol. The Kier molecular flexibility index (Phi) is 4.02. The molecule has 126 valence electrons. The van der Waals surface area contributed by atoms with Crippen molar-refractivity contribution < 1.29 is 9.90 Å². The van der Waals surface area contributed by atoms with Crippen molar-refractivity contribution in [3.63, 3.8) is 0 Å². The minimum atomic E-state index is -0.0348. The Bertz CT molecular complexity index is 712. The molecule has 0 radical (unpaired) electrons. The topological polar surface area (TPSA) is 56.7 Å². The highest BCUT2D eigenvalue weighted by molar-refractivity contribution is 7.13. The normalized spacial score (nSPS) is 23.6. The molecule has 0 saturated carbocycles. The standard InChI is InChI=1S/C18H21N3O2S/c1-12-16(22)19-17(24-12)18(23)21-10-14-8-20(9-15(14)11-21)7-13-5-3-2-4-6-13/h2-6,14-15,22H,7-11H2,1H3/t14-,15+. The summed E-state index contributed by atoms with van der Waals surface area (Å²) >= 11 is 1.28. The Hall–Kier alpha value is -1.92. The number of carbonyl (C=O) groups is 1. The molecule has 0 bridgehead atoms. The third-order valence-electron chi connectivity index (χ3n) is 5.05. The van der Waals surface area contributed by atoms with Crippen LogP contribution >= 0.6 is 11.3 Å². The van der Waals surface area contributed by atoms with Crippen LogP contribution in [-0.4, -0.2) is 52.0 Å². The summed E-state index contributed by atoms with van der Waals surface area (Å²) in [6.45, 7) is 6.46. The second kappa shape index (κ2) is 6.18. The number of aromatic nitrogens is 1. The molecule has 2 saturated heterocycles. The first kappa shape index (κ1) is 15.6. The van der Waals surface area contributed by atoms with Crippen LogP contribution in [0.15, 0.2) is 30.3 Å². The van der Waals surface area contributed by atoms with Gasteiger partial charge in [-0.3, -0.25) is 9.69 Å². The van der Waals surface area contributed by atoms with Crippen molar-refractivity contribution in [2.24, 2.45) is 11.8 Å². The van der Waals surface area contributed by atoms with E-state index in [2.05, 4.69) is 34.1 Å². The van der Waals surface area contributed by atoms with Crippen molar-refractivity contribution in [2.45, 2.75) is 13.5 Å². The highest BCUT2D eigenvalue weighted by atomic mass is 32.1. The number of amides is 1. The molecule has 1 aromatic heterocycles. The number of benzene rings is 1. The van der Waals surface area contributed by atoms with Gasteiger partial charge in [-0.25, -0.2) is 0 Å². The number of aryl methyl sites for hydroxylation is 1. The van der Waals surface area contributed by atoms with E-state index in [4.69, 9.17) is 0 Å². The molecule has 2 fully saturated rings. The van der Waals surface area contributed by atoms with Crippen LogP contribution < -0.4 is 0 Å². The zero-order chi connectivity index (χ0) is 16.7. The van der Waals surface area contributed by atoms with Crippen molar-refractivity contribution in [2.75, 3.05) is 26.2 Å². The largest absolute Gasteiger partial charge is 0.492 e. The molecule has 0 aliphatic carbocycles. The zero-order valence-electron chi connectivity index (χ0n) is 13.7. The third-order valence-corrected chi connectivity index (χ3v) is 6.00. The molecule has 2 aliphatic heterocycles. The fourth-order valence-electron chi connectivity index (χ4n) is 3.84. The Labute approximate surface area is 145 Å². The summed E-state index contributed by atoms with van der Waals surface area (Å²) in [7, 11) is 0. The molecule has 4 rings (SSSR count). The van der Waals surface area contributed by atoms with E-state index < -0.39 is 0 Å². The van der Waals surface area contributed by atoms with Crippen molar-refractivity contribution in [3.8, 4) is 5.88 Å². The molecule has 24 heavy (non-hydrogen) atoms. The summed E-state index contributed by atoms with van der Waals surface area (Å²) in [5.74, 6) is 1.05. The quantitative estimate of drug-likeness (QED) is 0.929. The maximum absolute atomic E-state index is 12.6. The molecule has 0 spiro atoms. The Balaban J connectivity index is 1.36. The lowest BCUT2D eigenvalue weighted by Crippen LogP contribution is -2.33. The Morgan fingerprint density at radius 2 is 1.88 bits per heavy atom. The number of likely N-dealkylation sites (tertiary alicyclic amines) is 2. The van der Waals surface area contributed by atoms with Gasteiger partial charge < -0.3 is 10.0 Å². The zero-order valence-corrected chi connectivity index (χ0v) is 14.5. The van der Waals surface area contributed by atoms with E-state index in [1.165, 1.54) is 16.9 Å². The van der Waals surface area contributed by atoms with E-state index in [1.807, 2.05) is 11.0 Å². The number of rotatable bonds is 3. The van der Waals surface area contributed by atoms with E-state index in [1.54, 1.807) is 6.92 Å². The highest BCUT2D eigenvalue weighted by Crippen LogP contribution is 2.33. The van der Waals surface area contributed by atoms with Crippen molar-refractivity contribution in [1.82, 2.24) is 14.8 Å². The molecule has 3 heterocycles. The fraction of sp³-hybridized carbons (Fsp3) is 0.444. The van der Waals surface area contributed by atoms with Crippen LogP contribution in [0, 0.1) is 18.8 Å². The monoisotopic (exact) mass is 343 g/mol. The van der Waals surface area contributed by atoms with E-state index in [-0.39, 0.29) is 11.8 Å². The average Bonchev–Trinajstić information content (AvgIpc) is 3.21. The minimum absolute atomic E-state index is 0.0169. The molecular weight excluding hydrogens is 322 g/mol. The van der Waals surface area contributed by atoms with E-state index in [9.17, 15) is 9.90 Å². The molecule has 1 aromatic carbocycles. The number of fused-ring (bicyclic) bond motifs is 1. The molecular formula is C18H21N3O2S. The maximum Gasteiger partial charge on any atom is 0.283 e. The summed E-state index contributed by atoms with van der Waals surface area (Å²) in [5.41, 5.74) is 1.35. The molecule has 2 aromatic rings. The number of aromatic hydroxyl groups is 1. The van der Waals surface area contributed by atoms with Crippen molar-refractivity contribution in [1.29, 1.82) is 0 Å². The number of hydrogen-bond acceptors (Lipinski definition) is 5. The van der Waals surface area contributed by atoms with Crippen LogP contribution in [0.4, 0.5) is 0 Å². The minimum Gasteiger partial charge on any atom is -0.492 e. The number of carbonyl (C=O) groups excluding carboxylic acids is 1. The van der Waals surface area contributed by atoms with Gasteiger partial charge in [-0.1, -0.05) is 30.3 Å². The maximum atomic E-state index is 12.6. The highest BCUT2D eigenvalue weighted by Gasteiger charge is 2.42. The smallest absolute Gasteiger partial charge is 0.283 e. The summed E-state index contributed by atoms with van der Waals surface area (Å²) in [5, 5.41) is 10.00. The van der Waals surface area contributed by atoms with E-state index >= 15 is 0 Å². The van der Waals surface area contributed by atoms with Crippen LogP contribution in [0.25, 0.3) is 0 Å². The van der Waals surface area contributed by atoms with Gasteiger partial charge in [-0.05, 0) is 24.3 Å². The molecule has 2 aliphatic rings. The van der Waals surface area contributed by atoms with Gasteiger partial charge in [0.05, 0.1) is 4.88 Å². The van der Waals surface area contributed by atoms with Crippen molar-refractivity contribution in [3.05, 3.63) is 45.8 Å². The van der Waals surface area contributed by atoms with Crippen LogP contribution in [0.2, 0.25) is 0 Å². The molecule has 1 N–H and O–H groups in total. The Morgan fingerprint density at radius 3 is 2.46 bits per heavy atom. The lowest BCUT2D eigenvalue weighted by atomic mass is 10.0. The average molecular weight is 343 g/mol. The van der Waals surface area contributed by atoms with Crippen LogP contribution in [-0.2, 0) is 6.54 Å². The predicted octanol–water partition coefficient (Wildman–Crippen LogP) is 2.36. The fourth-order valence-corrected chi connectivity index (χ4v) is 4.62. The number of hydrogen-bond donors (Lipinski definition) is 1. The molecule has 0 unspecified atom stereocenters. The number of nitrogens with zero attached hydrogens (tertiary/aromatic N) is 3. The van der Waals surface area contributed by atoms with Gasteiger partial charge in [-0.2, -0.15) is 4.98 Å².